The summed E-state index contributed by atoms with van der Waals surface area (Å²) < 4.78 is 246. The zero-order valence-electron chi connectivity index (χ0n) is 21.0. The molecule has 0 saturated heterocycles. The van der Waals surface area contributed by atoms with Crippen molar-refractivity contribution in [3.63, 3.8) is 0 Å². The maximum Gasteiger partial charge on any atom is 1.00 e. The first-order chi connectivity index (χ1) is 18.7. The van der Waals surface area contributed by atoms with Gasteiger partial charge in [0.05, 0.1) is 11.8 Å². The van der Waals surface area contributed by atoms with Gasteiger partial charge in [0.1, 0.15) is 5.40 Å². The van der Waals surface area contributed by atoms with Gasteiger partial charge in [-0.2, -0.15) is 84.3 Å². The molecule has 0 aliphatic carbocycles. The van der Waals surface area contributed by atoms with Crippen LogP contribution in [0, 0.1) is 33.2 Å². The van der Waals surface area contributed by atoms with Crippen molar-refractivity contribution in [3.05, 3.63) is 0 Å². The molecule has 0 bridgehead atoms. The molecule has 0 saturated carbocycles. The molecule has 2 nitrogen and oxygen atoms in total. The van der Waals surface area contributed by atoms with Crippen LogP contribution in [0.4, 0.5) is 87.8 Å². The first-order valence-corrected chi connectivity index (χ1v) is 13.0. The average Bonchev–Trinajstić information content (AvgIpc) is 2.74. The molecule has 0 fully saturated rings. The van der Waals surface area contributed by atoms with Crippen molar-refractivity contribution in [1.29, 1.82) is 10.5 Å². The van der Waals surface area contributed by atoms with Gasteiger partial charge in [0.2, 0.25) is 0 Å². The molecule has 0 heterocycles. The minimum atomic E-state index is -6.53. The van der Waals surface area contributed by atoms with Gasteiger partial charge in [-0.15, -0.1) is 0 Å². The smallest absolute Gasteiger partial charge is 0.696 e. The maximum atomic E-state index is 13.3. The van der Waals surface area contributed by atoms with Gasteiger partial charge >= 0.3 is 88.4 Å². The number of hydrogen-bond acceptors (Lipinski definition) is 4. The minimum Gasteiger partial charge on any atom is -0.696 e. The molecule has 0 spiro atoms. The number of hydrogen-bond donors (Lipinski definition) is 0. The molecule has 0 aliphatic heterocycles. The van der Waals surface area contributed by atoms with Crippen LogP contribution < -0.4 is 51.4 Å². The molecule has 0 aromatic carbocycles. The van der Waals surface area contributed by atoms with Crippen molar-refractivity contribution in [1.82, 2.24) is 0 Å². The third-order valence-corrected chi connectivity index (χ3v) is 6.06. The van der Waals surface area contributed by atoms with E-state index < -0.39 is 91.7 Å². The maximum absolute atomic E-state index is 13.3. The zero-order chi connectivity index (χ0) is 35.5. The SMILES string of the molecule is FC(F)(F)C(CCI)CC(F)(C(F)(F)F)C(F)(F)F.N#CSCCC(CC(F)(C(F)(F)F)C(F)(F)F)C(F)(F)F.N#C[S-].[K+]. The molecule has 0 N–H and O–H groups in total. The summed E-state index contributed by atoms with van der Waals surface area (Å²) in [5.74, 6) is -6.86. The topological polar surface area (TPSA) is 47.6 Å². The summed E-state index contributed by atoms with van der Waals surface area (Å²) in [5.41, 5.74) is -11.8. The van der Waals surface area contributed by atoms with Crippen LogP contribution in [0.5, 0.6) is 0 Å². The Balaban J connectivity index is -0.000000328. The van der Waals surface area contributed by atoms with Crippen LogP contribution >= 0.6 is 34.4 Å². The van der Waals surface area contributed by atoms with Gasteiger partial charge in [-0.3, -0.25) is 0 Å². The second kappa shape index (κ2) is 19.5. The summed E-state index contributed by atoms with van der Waals surface area (Å²) in [5, 5.41) is 17.8. The van der Waals surface area contributed by atoms with E-state index >= 15 is 0 Å². The third kappa shape index (κ3) is 16.6. The number of rotatable bonds is 9. The molecule has 2 atom stereocenters. The summed E-state index contributed by atoms with van der Waals surface area (Å²) in [4.78, 5) is 0. The molecule has 0 aliphatic rings. The third-order valence-electron chi connectivity index (χ3n) is 4.87. The molecular weight excluding hydrogens is 854 g/mol. The van der Waals surface area contributed by atoms with E-state index in [1.807, 2.05) is 0 Å². The Morgan fingerprint density at radius 3 is 1.00 bits per heavy atom. The average molecular weight is 868 g/mol. The number of nitriles is 2. The Labute approximate surface area is 301 Å². The van der Waals surface area contributed by atoms with E-state index in [1.165, 1.54) is 33.4 Å². The van der Waals surface area contributed by atoms with Gasteiger partial charge in [-0.25, -0.2) is 14.0 Å². The van der Waals surface area contributed by atoms with E-state index in [4.69, 9.17) is 10.5 Å². The van der Waals surface area contributed by atoms with E-state index in [0.29, 0.717) is 0 Å². The minimum absolute atomic E-state index is 0. The van der Waals surface area contributed by atoms with Gasteiger partial charge in [0.25, 0.3) is 11.3 Å². The van der Waals surface area contributed by atoms with Gasteiger partial charge in [0, 0.05) is 23.0 Å². The zero-order valence-corrected chi connectivity index (χ0v) is 28.0. The van der Waals surface area contributed by atoms with Crippen molar-refractivity contribution in [2.45, 2.75) is 74.1 Å². The van der Waals surface area contributed by atoms with Crippen LogP contribution in [0.2, 0.25) is 0 Å². The first kappa shape index (κ1) is 51.4. The van der Waals surface area contributed by atoms with E-state index in [9.17, 15) is 87.8 Å². The fourth-order valence-electron chi connectivity index (χ4n) is 2.60. The normalized spacial score (nSPS) is 14.8. The largest absolute Gasteiger partial charge is 1.00 e. The van der Waals surface area contributed by atoms with Gasteiger partial charge in [-0.1, -0.05) is 28.0 Å². The molecule has 0 rings (SSSR count). The quantitative estimate of drug-likeness (QED) is 0.0468. The Hall–Kier alpha value is 0.516. The number of halogens is 21. The Morgan fingerprint density at radius 2 is 0.818 bits per heavy atom. The van der Waals surface area contributed by atoms with Crippen molar-refractivity contribution < 1.29 is 139 Å². The second-order valence-corrected chi connectivity index (χ2v) is 9.92. The van der Waals surface area contributed by atoms with Crippen LogP contribution in [0.15, 0.2) is 0 Å². The summed E-state index contributed by atoms with van der Waals surface area (Å²) in [6, 6.07) is 0. The van der Waals surface area contributed by atoms with E-state index in [2.05, 4.69) is 12.6 Å². The molecular formula is C18H14F20IKN2S2. The van der Waals surface area contributed by atoms with E-state index in [0.717, 1.165) is 0 Å². The molecule has 256 valence electrons. The summed E-state index contributed by atoms with van der Waals surface area (Å²) in [6.07, 6.45) is -44.6. The molecule has 0 amide bonds. The van der Waals surface area contributed by atoms with Crippen LogP contribution in [-0.2, 0) is 12.6 Å². The Bertz CT molecular complexity index is 870. The van der Waals surface area contributed by atoms with E-state index in [-0.39, 0.29) is 67.6 Å². The number of nitrogens with zero attached hydrogens (tertiary/aromatic N) is 2. The molecule has 0 aromatic heterocycles. The van der Waals surface area contributed by atoms with Crippen LogP contribution in [-0.4, -0.2) is 58.6 Å². The molecule has 44 heavy (non-hydrogen) atoms. The molecule has 26 heteroatoms. The van der Waals surface area contributed by atoms with Gasteiger partial charge in [-0.05, 0) is 24.6 Å². The van der Waals surface area contributed by atoms with Crippen molar-refractivity contribution >= 4 is 47.0 Å². The standard InChI is InChI=1S/C9H7F10NS.C8H7F10I.CHNS.K/c10-6(8(14,15)16,9(17,18)19)3-5(7(11,12)13)1-2-21-4-20;9-5(7(13,14)15,8(16,17)18)3-4(1-2-19)6(10,11)12;2-1-3;/h5H,1-3H2;4H,1-3H2;3H;/q;;;+1/p-1. The fraction of sp³-hybridized carbons (Fsp3) is 0.889. The van der Waals surface area contributed by atoms with Gasteiger partial charge < -0.3 is 12.6 Å². The van der Waals surface area contributed by atoms with Crippen molar-refractivity contribution in [2.24, 2.45) is 11.8 Å². The number of alkyl halides is 21. The predicted octanol–water partition coefficient (Wildman–Crippen LogP) is 7.22. The molecule has 2 unspecified atom stereocenters. The second-order valence-electron chi connectivity index (χ2n) is 7.78. The summed E-state index contributed by atoms with van der Waals surface area (Å²) in [6.45, 7) is 0. The predicted molar refractivity (Wildman–Crippen MR) is 119 cm³/mol. The van der Waals surface area contributed by atoms with Gasteiger partial charge in [0.15, 0.2) is 0 Å². The molecule has 0 radical (unpaired) electrons. The number of thiocyanates is 2. The summed E-state index contributed by atoms with van der Waals surface area (Å²) in [7, 11) is 0. The van der Waals surface area contributed by atoms with Crippen molar-refractivity contribution in [3.8, 4) is 10.8 Å². The molecule has 0 aromatic rings. The monoisotopic (exact) mass is 868 g/mol. The van der Waals surface area contributed by atoms with Crippen LogP contribution in [0.1, 0.15) is 25.7 Å². The van der Waals surface area contributed by atoms with Crippen molar-refractivity contribution in [2.75, 3.05) is 10.2 Å². The fourth-order valence-corrected chi connectivity index (χ4v) is 3.85. The number of thioether (sulfide) groups is 1. The first-order valence-electron chi connectivity index (χ1n) is 10.1. The summed E-state index contributed by atoms with van der Waals surface area (Å²) >= 11 is 5.26. The van der Waals surface area contributed by atoms with Crippen LogP contribution in [0.25, 0.3) is 0 Å². The Morgan fingerprint density at radius 1 is 0.568 bits per heavy atom. The van der Waals surface area contributed by atoms with E-state index in [1.54, 1.807) is 0 Å². The Kier molecular flexibility index (Phi) is 22.8. The van der Waals surface area contributed by atoms with Crippen LogP contribution in [0.3, 0.4) is 0 Å².